The maximum Gasteiger partial charge on any atom is 0.129 e. The molecule has 0 spiro atoms. The van der Waals surface area contributed by atoms with Gasteiger partial charge in [0.25, 0.3) is 0 Å². The molecular formula is C16H19BrFNS. The lowest BCUT2D eigenvalue weighted by molar-refractivity contribution is 0.473. The first-order valence-electron chi connectivity index (χ1n) is 6.90. The van der Waals surface area contributed by atoms with Crippen molar-refractivity contribution in [1.82, 2.24) is 5.32 Å². The SMILES string of the molecule is CCCNC(CCc1ccsc1)c1ccc(Br)cc1F. The van der Waals surface area contributed by atoms with Gasteiger partial charge in [-0.1, -0.05) is 28.9 Å². The summed E-state index contributed by atoms with van der Waals surface area (Å²) in [6.45, 7) is 3.03. The molecule has 20 heavy (non-hydrogen) atoms. The van der Waals surface area contributed by atoms with Gasteiger partial charge in [0.15, 0.2) is 0 Å². The topological polar surface area (TPSA) is 12.0 Å². The highest BCUT2D eigenvalue weighted by Crippen LogP contribution is 2.25. The maximum atomic E-state index is 14.1. The summed E-state index contributed by atoms with van der Waals surface area (Å²) in [7, 11) is 0. The van der Waals surface area contributed by atoms with Crippen LogP contribution in [0.25, 0.3) is 0 Å². The molecule has 108 valence electrons. The zero-order valence-corrected chi connectivity index (χ0v) is 13.9. The normalized spacial score (nSPS) is 12.6. The fraction of sp³-hybridized carbons (Fsp3) is 0.375. The number of hydrogen-bond donors (Lipinski definition) is 1. The van der Waals surface area contributed by atoms with E-state index in [1.165, 1.54) is 5.56 Å². The summed E-state index contributed by atoms with van der Waals surface area (Å²) in [6.07, 6.45) is 2.93. The van der Waals surface area contributed by atoms with Crippen LogP contribution in [0.1, 0.15) is 36.9 Å². The first-order chi connectivity index (χ1) is 9.70. The van der Waals surface area contributed by atoms with Gasteiger partial charge in [0.1, 0.15) is 5.82 Å². The number of rotatable bonds is 7. The fourth-order valence-corrected chi connectivity index (χ4v) is 3.25. The molecule has 2 rings (SSSR count). The molecule has 0 amide bonds. The molecule has 1 unspecified atom stereocenters. The second kappa shape index (κ2) is 7.91. The minimum atomic E-state index is -0.140. The summed E-state index contributed by atoms with van der Waals surface area (Å²) in [5, 5.41) is 7.71. The Kier molecular flexibility index (Phi) is 6.20. The molecule has 1 N–H and O–H groups in total. The Bertz CT molecular complexity index is 527. The van der Waals surface area contributed by atoms with Gasteiger partial charge in [-0.05, 0) is 60.3 Å². The van der Waals surface area contributed by atoms with Crippen LogP contribution in [0.4, 0.5) is 4.39 Å². The monoisotopic (exact) mass is 355 g/mol. The van der Waals surface area contributed by atoms with Crippen LogP contribution in [0.3, 0.4) is 0 Å². The third kappa shape index (κ3) is 4.40. The molecule has 0 saturated heterocycles. The fourth-order valence-electron chi connectivity index (χ4n) is 2.22. The van der Waals surface area contributed by atoms with E-state index in [1.54, 1.807) is 17.4 Å². The number of benzene rings is 1. The van der Waals surface area contributed by atoms with Crippen molar-refractivity contribution in [2.24, 2.45) is 0 Å². The number of aryl methyl sites for hydroxylation is 1. The Balaban J connectivity index is 2.09. The molecule has 1 nitrogen and oxygen atoms in total. The minimum absolute atomic E-state index is 0.0722. The Hall–Kier alpha value is -0.710. The van der Waals surface area contributed by atoms with Gasteiger partial charge >= 0.3 is 0 Å². The molecule has 1 aromatic carbocycles. The number of halogens is 2. The average molecular weight is 356 g/mol. The Morgan fingerprint density at radius 1 is 1.35 bits per heavy atom. The van der Waals surface area contributed by atoms with Gasteiger partial charge in [-0.2, -0.15) is 11.3 Å². The lowest BCUT2D eigenvalue weighted by Crippen LogP contribution is -2.23. The van der Waals surface area contributed by atoms with Crippen LogP contribution in [-0.4, -0.2) is 6.54 Å². The van der Waals surface area contributed by atoms with Crippen LogP contribution >= 0.6 is 27.3 Å². The van der Waals surface area contributed by atoms with Gasteiger partial charge in [0, 0.05) is 16.1 Å². The summed E-state index contributed by atoms with van der Waals surface area (Å²) in [5.74, 6) is -0.140. The molecule has 0 fully saturated rings. The summed E-state index contributed by atoms with van der Waals surface area (Å²) in [6, 6.07) is 7.53. The van der Waals surface area contributed by atoms with E-state index in [1.807, 2.05) is 12.1 Å². The van der Waals surface area contributed by atoms with Gasteiger partial charge < -0.3 is 5.32 Å². The van der Waals surface area contributed by atoms with Gasteiger partial charge in [-0.25, -0.2) is 4.39 Å². The largest absolute Gasteiger partial charge is 0.310 e. The van der Waals surface area contributed by atoms with Crippen LogP contribution in [0, 0.1) is 5.82 Å². The molecule has 0 bridgehead atoms. The molecule has 1 aromatic heterocycles. The highest BCUT2D eigenvalue weighted by molar-refractivity contribution is 9.10. The third-order valence-electron chi connectivity index (χ3n) is 3.28. The molecule has 0 saturated carbocycles. The smallest absolute Gasteiger partial charge is 0.129 e. The van der Waals surface area contributed by atoms with Crippen molar-refractivity contribution in [3.8, 4) is 0 Å². The van der Waals surface area contributed by atoms with E-state index in [2.05, 4.69) is 45.0 Å². The van der Waals surface area contributed by atoms with E-state index in [0.29, 0.717) is 0 Å². The van der Waals surface area contributed by atoms with Crippen molar-refractivity contribution in [2.45, 2.75) is 32.2 Å². The van der Waals surface area contributed by atoms with Gasteiger partial charge in [-0.3, -0.25) is 0 Å². The third-order valence-corrected chi connectivity index (χ3v) is 4.51. The molecule has 1 atom stereocenters. The first-order valence-corrected chi connectivity index (χ1v) is 8.63. The average Bonchev–Trinajstić information content (AvgIpc) is 2.93. The molecule has 0 radical (unpaired) electrons. The number of thiophene rings is 1. The van der Waals surface area contributed by atoms with Crippen LogP contribution < -0.4 is 5.32 Å². The van der Waals surface area contributed by atoms with Gasteiger partial charge in [0.05, 0.1) is 0 Å². The second-order valence-corrected chi connectivity index (χ2v) is 6.54. The highest BCUT2D eigenvalue weighted by atomic mass is 79.9. The summed E-state index contributed by atoms with van der Waals surface area (Å²) in [4.78, 5) is 0. The van der Waals surface area contributed by atoms with Crippen LogP contribution in [-0.2, 0) is 6.42 Å². The van der Waals surface area contributed by atoms with E-state index in [4.69, 9.17) is 0 Å². The molecule has 1 heterocycles. The van der Waals surface area contributed by atoms with Crippen LogP contribution in [0.5, 0.6) is 0 Å². The predicted molar refractivity (Wildman–Crippen MR) is 87.8 cm³/mol. The Labute approximate surface area is 132 Å². The number of nitrogens with one attached hydrogen (secondary N) is 1. The summed E-state index contributed by atoms with van der Waals surface area (Å²) in [5.41, 5.74) is 2.09. The van der Waals surface area contributed by atoms with E-state index in [0.717, 1.165) is 35.8 Å². The van der Waals surface area contributed by atoms with E-state index >= 15 is 0 Å². The Morgan fingerprint density at radius 3 is 2.85 bits per heavy atom. The van der Waals surface area contributed by atoms with Crippen molar-refractivity contribution < 1.29 is 4.39 Å². The molecule has 2 aromatic rings. The lowest BCUT2D eigenvalue weighted by Gasteiger charge is -2.19. The lowest BCUT2D eigenvalue weighted by atomic mass is 9.99. The zero-order chi connectivity index (χ0) is 14.4. The van der Waals surface area contributed by atoms with E-state index in [9.17, 15) is 4.39 Å². The first kappa shape index (κ1) is 15.7. The predicted octanol–water partition coefficient (Wildman–Crippen LogP) is 5.32. The quantitative estimate of drug-likeness (QED) is 0.708. The van der Waals surface area contributed by atoms with Gasteiger partial charge in [-0.15, -0.1) is 0 Å². The second-order valence-electron chi connectivity index (χ2n) is 4.84. The van der Waals surface area contributed by atoms with Gasteiger partial charge in [0.2, 0.25) is 0 Å². The van der Waals surface area contributed by atoms with Crippen molar-refractivity contribution in [2.75, 3.05) is 6.54 Å². The van der Waals surface area contributed by atoms with Crippen molar-refractivity contribution in [3.05, 3.63) is 56.4 Å². The maximum absolute atomic E-state index is 14.1. The molecule has 0 aliphatic rings. The van der Waals surface area contributed by atoms with E-state index in [-0.39, 0.29) is 11.9 Å². The van der Waals surface area contributed by atoms with Crippen LogP contribution in [0.15, 0.2) is 39.5 Å². The van der Waals surface area contributed by atoms with E-state index < -0.39 is 0 Å². The standard InChI is InChI=1S/C16H19BrFNS/c1-2-8-19-16(6-3-12-7-9-20-11-12)14-5-4-13(17)10-15(14)18/h4-5,7,9-11,16,19H,2-3,6,8H2,1H3. The van der Waals surface area contributed by atoms with Crippen molar-refractivity contribution in [1.29, 1.82) is 0 Å². The highest BCUT2D eigenvalue weighted by Gasteiger charge is 2.15. The summed E-state index contributed by atoms with van der Waals surface area (Å²) < 4.78 is 14.9. The molecule has 0 aliphatic carbocycles. The zero-order valence-electron chi connectivity index (χ0n) is 11.5. The summed E-state index contributed by atoms with van der Waals surface area (Å²) >= 11 is 5.02. The minimum Gasteiger partial charge on any atom is -0.310 e. The molecule has 0 aliphatic heterocycles. The van der Waals surface area contributed by atoms with Crippen molar-refractivity contribution in [3.63, 3.8) is 0 Å². The number of hydrogen-bond acceptors (Lipinski definition) is 2. The molecule has 4 heteroatoms. The Morgan fingerprint density at radius 2 is 2.20 bits per heavy atom. The molecular weight excluding hydrogens is 337 g/mol. The van der Waals surface area contributed by atoms with Crippen molar-refractivity contribution >= 4 is 27.3 Å². The van der Waals surface area contributed by atoms with Crippen LogP contribution in [0.2, 0.25) is 0 Å².